The lowest BCUT2D eigenvalue weighted by Crippen LogP contribution is -2.23. The largest absolute Gasteiger partial charge is 0.416 e. The maximum absolute atomic E-state index is 12.9. The highest BCUT2D eigenvalue weighted by atomic mass is 32.1. The third kappa shape index (κ3) is 4.69. The third-order valence-corrected chi connectivity index (χ3v) is 5.70. The molecule has 1 heterocycles. The molecule has 0 spiro atoms. The Balaban J connectivity index is 1.88. The molecule has 12 heteroatoms. The molecule has 30 heavy (non-hydrogen) atoms. The van der Waals surface area contributed by atoms with Crippen LogP contribution in [0.3, 0.4) is 0 Å². The molecule has 162 valence electrons. The lowest BCUT2D eigenvalue weighted by Gasteiger charge is -2.15. The molecule has 0 saturated carbocycles. The monoisotopic (exact) mass is 451 g/mol. The summed E-state index contributed by atoms with van der Waals surface area (Å²) in [6.45, 7) is 0. The van der Waals surface area contributed by atoms with Crippen molar-refractivity contribution in [2.24, 2.45) is 5.73 Å². The number of nitrogens with two attached hydrogens (primary N) is 1. The molecular formula is C18H15F6N3O2S. The predicted octanol–water partition coefficient (Wildman–Crippen LogP) is 5.41. The van der Waals surface area contributed by atoms with Crippen LogP contribution < -0.4 is 16.4 Å². The van der Waals surface area contributed by atoms with Crippen LogP contribution in [0.1, 0.15) is 44.8 Å². The quantitative estimate of drug-likeness (QED) is 0.546. The zero-order valence-electron chi connectivity index (χ0n) is 15.1. The van der Waals surface area contributed by atoms with Gasteiger partial charge in [-0.05, 0) is 49.4 Å². The van der Waals surface area contributed by atoms with Crippen LogP contribution in [0.5, 0.6) is 0 Å². The third-order valence-electron chi connectivity index (χ3n) is 4.49. The van der Waals surface area contributed by atoms with Gasteiger partial charge in [0.05, 0.1) is 16.7 Å². The number of primary amides is 1. The molecule has 0 bridgehead atoms. The average Bonchev–Trinajstić information content (AvgIpc) is 2.97. The van der Waals surface area contributed by atoms with Crippen LogP contribution in [0, 0.1) is 0 Å². The van der Waals surface area contributed by atoms with Crippen molar-refractivity contribution in [2.45, 2.75) is 38.0 Å². The summed E-state index contributed by atoms with van der Waals surface area (Å²) in [5, 5.41) is 4.39. The maximum Gasteiger partial charge on any atom is 0.416 e. The molecule has 0 radical (unpaired) electrons. The summed E-state index contributed by atoms with van der Waals surface area (Å²) >= 11 is 1.11. The second kappa shape index (κ2) is 7.82. The van der Waals surface area contributed by atoms with Gasteiger partial charge in [0.15, 0.2) is 0 Å². The molecule has 1 aliphatic rings. The van der Waals surface area contributed by atoms with E-state index >= 15 is 0 Å². The van der Waals surface area contributed by atoms with Gasteiger partial charge < -0.3 is 11.1 Å². The Morgan fingerprint density at radius 1 is 0.900 bits per heavy atom. The van der Waals surface area contributed by atoms with Crippen molar-refractivity contribution in [2.75, 3.05) is 10.6 Å². The first-order valence-corrected chi connectivity index (χ1v) is 9.49. The number of fused-ring (bicyclic) bond motifs is 1. The van der Waals surface area contributed by atoms with Crippen LogP contribution in [0.4, 0.5) is 41.8 Å². The molecule has 0 atom stereocenters. The number of aryl methyl sites for hydroxylation is 1. The normalized spacial score (nSPS) is 14.2. The van der Waals surface area contributed by atoms with Gasteiger partial charge >= 0.3 is 18.4 Å². The number of benzene rings is 1. The number of alkyl halides is 6. The van der Waals surface area contributed by atoms with Crippen molar-refractivity contribution >= 4 is 34.0 Å². The molecule has 0 saturated heterocycles. The minimum absolute atomic E-state index is 0.0401. The van der Waals surface area contributed by atoms with Crippen LogP contribution >= 0.6 is 11.3 Å². The van der Waals surface area contributed by atoms with E-state index in [2.05, 4.69) is 5.32 Å². The SMILES string of the molecule is NC(=O)c1c(NC(=O)Nc2cc(C(F)(F)F)cc(C(F)(F)F)c2)sc2c1CCCC2. The second-order valence-corrected chi connectivity index (χ2v) is 7.76. The number of anilines is 2. The molecule has 1 aromatic carbocycles. The van der Waals surface area contributed by atoms with Gasteiger partial charge in [-0.1, -0.05) is 0 Å². The Bertz CT molecular complexity index is 965. The summed E-state index contributed by atoms with van der Waals surface area (Å²) in [6.07, 6.45) is -7.08. The van der Waals surface area contributed by atoms with Gasteiger partial charge in [0.2, 0.25) is 0 Å². The molecule has 0 aliphatic heterocycles. The van der Waals surface area contributed by atoms with E-state index in [4.69, 9.17) is 5.73 Å². The van der Waals surface area contributed by atoms with E-state index < -0.39 is 41.1 Å². The summed E-state index contributed by atoms with van der Waals surface area (Å²) in [6, 6.07) is -0.350. The molecule has 0 fully saturated rings. The first-order chi connectivity index (χ1) is 13.9. The first kappa shape index (κ1) is 21.9. The fourth-order valence-corrected chi connectivity index (χ4v) is 4.50. The van der Waals surface area contributed by atoms with Gasteiger partial charge in [-0.15, -0.1) is 11.3 Å². The number of carbonyl (C=O) groups is 2. The molecule has 2 aromatic rings. The summed E-state index contributed by atoms with van der Waals surface area (Å²) < 4.78 is 77.7. The lowest BCUT2D eigenvalue weighted by molar-refractivity contribution is -0.143. The van der Waals surface area contributed by atoms with E-state index in [1.54, 1.807) is 0 Å². The number of urea groups is 1. The van der Waals surface area contributed by atoms with Crippen molar-refractivity contribution in [3.05, 3.63) is 45.3 Å². The Labute approximate surface area is 170 Å². The van der Waals surface area contributed by atoms with Gasteiger partial charge in [0.25, 0.3) is 5.91 Å². The first-order valence-electron chi connectivity index (χ1n) is 8.68. The van der Waals surface area contributed by atoms with Gasteiger partial charge in [-0.2, -0.15) is 26.3 Å². The maximum atomic E-state index is 12.9. The molecule has 3 amide bonds. The topological polar surface area (TPSA) is 84.2 Å². The summed E-state index contributed by atoms with van der Waals surface area (Å²) in [5.41, 5.74) is 2.41. The fourth-order valence-electron chi connectivity index (χ4n) is 3.21. The summed E-state index contributed by atoms with van der Waals surface area (Å²) in [7, 11) is 0. The number of rotatable bonds is 3. The highest BCUT2D eigenvalue weighted by Gasteiger charge is 2.37. The van der Waals surface area contributed by atoms with E-state index in [9.17, 15) is 35.9 Å². The Hall–Kier alpha value is -2.76. The zero-order chi connectivity index (χ0) is 22.3. The van der Waals surface area contributed by atoms with Gasteiger partial charge in [0, 0.05) is 10.6 Å². The van der Waals surface area contributed by atoms with Crippen LogP contribution in [0.2, 0.25) is 0 Å². The average molecular weight is 451 g/mol. The smallest absolute Gasteiger partial charge is 0.365 e. The Morgan fingerprint density at radius 3 is 2.00 bits per heavy atom. The molecule has 1 aromatic heterocycles. The predicted molar refractivity (Wildman–Crippen MR) is 98.6 cm³/mol. The minimum atomic E-state index is -5.04. The van der Waals surface area contributed by atoms with Crippen LogP contribution in [-0.4, -0.2) is 11.9 Å². The van der Waals surface area contributed by atoms with E-state index in [0.717, 1.165) is 29.1 Å². The Kier molecular flexibility index (Phi) is 5.72. The Morgan fingerprint density at radius 2 is 1.47 bits per heavy atom. The number of nitrogens with one attached hydrogen (secondary N) is 2. The van der Waals surface area contributed by atoms with E-state index in [1.807, 2.05) is 5.32 Å². The highest BCUT2D eigenvalue weighted by molar-refractivity contribution is 7.17. The zero-order valence-corrected chi connectivity index (χ0v) is 15.9. The van der Waals surface area contributed by atoms with Gasteiger partial charge in [-0.25, -0.2) is 4.79 Å². The number of thiophene rings is 1. The lowest BCUT2D eigenvalue weighted by atomic mass is 9.95. The van der Waals surface area contributed by atoms with Gasteiger partial charge in [-0.3, -0.25) is 10.1 Å². The van der Waals surface area contributed by atoms with Crippen molar-refractivity contribution in [1.29, 1.82) is 0 Å². The number of carbonyl (C=O) groups excluding carboxylic acids is 2. The molecule has 1 aliphatic carbocycles. The van der Waals surface area contributed by atoms with Crippen LogP contribution in [0.15, 0.2) is 18.2 Å². The van der Waals surface area contributed by atoms with Gasteiger partial charge in [0.1, 0.15) is 5.00 Å². The van der Waals surface area contributed by atoms with Crippen LogP contribution in [-0.2, 0) is 25.2 Å². The molecular weight excluding hydrogens is 436 g/mol. The highest BCUT2D eigenvalue weighted by Crippen LogP contribution is 2.39. The van der Waals surface area contributed by atoms with Crippen molar-refractivity contribution in [3.8, 4) is 0 Å². The van der Waals surface area contributed by atoms with E-state index in [0.29, 0.717) is 30.5 Å². The summed E-state index contributed by atoms with van der Waals surface area (Å²) in [4.78, 5) is 24.9. The number of hydrogen-bond donors (Lipinski definition) is 3. The van der Waals surface area contributed by atoms with Crippen molar-refractivity contribution in [1.82, 2.24) is 0 Å². The molecule has 4 N–H and O–H groups in total. The number of amides is 3. The number of halogens is 6. The van der Waals surface area contributed by atoms with Crippen molar-refractivity contribution in [3.63, 3.8) is 0 Å². The fraction of sp³-hybridized carbons (Fsp3) is 0.333. The van der Waals surface area contributed by atoms with E-state index in [1.165, 1.54) is 0 Å². The summed E-state index contributed by atoms with van der Waals surface area (Å²) in [5.74, 6) is -0.775. The number of hydrogen-bond acceptors (Lipinski definition) is 3. The van der Waals surface area contributed by atoms with E-state index in [-0.39, 0.29) is 16.6 Å². The molecule has 3 rings (SSSR count). The molecule has 0 unspecified atom stereocenters. The minimum Gasteiger partial charge on any atom is -0.365 e. The van der Waals surface area contributed by atoms with Crippen molar-refractivity contribution < 1.29 is 35.9 Å². The molecule has 5 nitrogen and oxygen atoms in total. The second-order valence-electron chi connectivity index (χ2n) is 6.65. The standard InChI is InChI=1S/C18H15F6N3O2S/c19-17(20,21)8-5-9(18(22,23)24)7-10(6-8)26-16(29)27-15-13(14(25)28)11-3-1-2-4-12(11)30-15/h5-7H,1-4H2,(H2,25,28)(H2,26,27,29). The van der Waals surface area contributed by atoms with Crippen LogP contribution in [0.25, 0.3) is 0 Å².